The molecule has 3 rings (SSSR count). The number of hydrogen-bond donors (Lipinski definition) is 1. The summed E-state index contributed by atoms with van der Waals surface area (Å²) in [5.41, 5.74) is 0.603. The lowest BCUT2D eigenvalue weighted by molar-refractivity contribution is -0.140. The van der Waals surface area contributed by atoms with Gasteiger partial charge in [-0.15, -0.1) is 0 Å². The zero-order chi connectivity index (χ0) is 28.0. The van der Waals surface area contributed by atoms with E-state index in [1.807, 2.05) is 0 Å². The molecule has 38 heavy (non-hydrogen) atoms. The molecule has 1 atom stereocenters. The van der Waals surface area contributed by atoms with Crippen LogP contribution in [0.1, 0.15) is 18.9 Å². The maximum absolute atomic E-state index is 13.9. The van der Waals surface area contributed by atoms with Crippen molar-refractivity contribution in [2.45, 2.75) is 30.8 Å². The van der Waals surface area contributed by atoms with Crippen molar-refractivity contribution in [2.24, 2.45) is 0 Å². The summed E-state index contributed by atoms with van der Waals surface area (Å²) < 4.78 is 28.5. The van der Waals surface area contributed by atoms with Crippen molar-refractivity contribution in [3.05, 3.63) is 92.4 Å². The first-order valence-corrected chi connectivity index (χ1v) is 14.4. The van der Waals surface area contributed by atoms with Crippen molar-refractivity contribution in [3.63, 3.8) is 0 Å². The lowest BCUT2D eigenvalue weighted by Crippen LogP contribution is -2.51. The zero-order valence-electron chi connectivity index (χ0n) is 20.5. The Morgan fingerprint density at radius 1 is 0.895 bits per heavy atom. The number of amides is 2. The van der Waals surface area contributed by atoms with Gasteiger partial charge in [0.05, 0.1) is 10.6 Å². The van der Waals surface area contributed by atoms with Gasteiger partial charge in [0.1, 0.15) is 12.6 Å². The van der Waals surface area contributed by atoms with Gasteiger partial charge in [0.25, 0.3) is 10.0 Å². The summed E-state index contributed by atoms with van der Waals surface area (Å²) in [5, 5.41) is 3.81. The highest BCUT2D eigenvalue weighted by Crippen LogP contribution is 2.30. The van der Waals surface area contributed by atoms with Crippen molar-refractivity contribution in [1.82, 2.24) is 10.2 Å². The molecule has 0 saturated carbocycles. The number of carbonyl (C=O) groups is 2. The molecule has 12 heteroatoms. The zero-order valence-corrected chi connectivity index (χ0v) is 24.3. The summed E-state index contributed by atoms with van der Waals surface area (Å²) in [6.45, 7) is 1.00. The standard InChI is InChI=1S/C26H25Cl4N3O4S/c1-3-24(26(35)31-2)32(15-21-22(29)8-5-9-23(21)30)25(34)16-33(19-7-4-6-18(28)14-19)38(36,37)20-12-10-17(27)11-13-20/h4-14,24H,3,15-16H2,1-2H3,(H,31,35)/t24-/m1/s1. The Morgan fingerprint density at radius 3 is 2.05 bits per heavy atom. The number of rotatable bonds is 10. The van der Waals surface area contributed by atoms with Crippen LogP contribution in [0.15, 0.2) is 71.6 Å². The molecule has 3 aromatic rings. The summed E-state index contributed by atoms with van der Waals surface area (Å²) in [5.74, 6) is -1.06. The topological polar surface area (TPSA) is 86.8 Å². The van der Waals surface area contributed by atoms with Crippen LogP contribution in [0.3, 0.4) is 0 Å². The molecule has 0 radical (unpaired) electrons. The van der Waals surface area contributed by atoms with Crippen LogP contribution in [-0.4, -0.2) is 44.8 Å². The Labute approximate surface area is 242 Å². The fourth-order valence-corrected chi connectivity index (χ4v) is 6.07. The minimum atomic E-state index is -4.25. The van der Waals surface area contributed by atoms with Crippen LogP contribution in [0.2, 0.25) is 20.1 Å². The van der Waals surface area contributed by atoms with Crippen LogP contribution in [0.4, 0.5) is 5.69 Å². The largest absolute Gasteiger partial charge is 0.357 e. The van der Waals surface area contributed by atoms with Gasteiger partial charge in [0.2, 0.25) is 11.8 Å². The first-order valence-electron chi connectivity index (χ1n) is 11.5. The minimum Gasteiger partial charge on any atom is -0.357 e. The summed E-state index contributed by atoms with van der Waals surface area (Å²) in [6, 6.07) is 15.7. The number of hydrogen-bond acceptors (Lipinski definition) is 4. The SMILES string of the molecule is CC[C@H](C(=O)NC)N(Cc1c(Cl)cccc1Cl)C(=O)CN(c1cccc(Cl)c1)S(=O)(=O)c1ccc(Cl)cc1. The third-order valence-corrected chi connectivity index (χ3v) is 8.78. The van der Waals surface area contributed by atoms with E-state index in [-0.39, 0.29) is 28.6 Å². The Kier molecular flexibility index (Phi) is 10.3. The average Bonchev–Trinajstić information content (AvgIpc) is 2.88. The van der Waals surface area contributed by atoms with Gasteiger partial charge in [-0.25, -0.2) is 8.42 Å². The second kappa shape index (κ2) is 13.0. The van der Waals surface area contributed by atoms with Gasteiger partial charge in [-0.3, -0.25) is 13.9 Å². The van der Waals surface area contributed by atoms with E-state index in [0.717, 1.165) is 4.31 Å². The monoisotopic (exact) mass is 615 g/mol. The van der Waals surface area contributed by atoms with Crippen LogP contribution in [-0.2, 0) is 26.2 Å². The van der Waals surface area contributed by atoms with E-state index >= 15 is 0 Å². The lowest BCUT2D eigenvalue weighted by Gasteiger charge is -2.33. The third-order valence-electron chi connectivity index (χ3n) is 5.80. The predicted octanol–water partition coefficient (Wildman–Crippen LogP) is 6.05. The Morgan fingerprint density at radius 2 is 1.50 bits per heavy atom. The highest BCUT2D eigenvalue weighted by Gasteiger charge is 2.34. The first-order chi connectivity index (χ1) is 18.0. The molecule has 0 aliphatic carbocycles. The predicted molar refractivity (Wildman–Crippen MR) is 153 cm³/mol. The van der Waals surface area contributed by atoms with Gasteiger partial charge < -0.3 is 10.2 Å². The van der Waals surface area contributed by atoms with Gasteiger partial charge in [0, 0.05) is 39.2 Å². The molecule has 0 saturated heterocycles. The summed E-state index contributed by atoms with van der Waals surface area (Å²) in [6.07, 6.45) is 0.259. The molecule has 202 valence electrons. The molecule has 3 aromatic carbocycles. The highest BCUT2D eigenvalue weighted by molar-refractivity contribution is 7.92. The van der Waals surface area contributed by atoms with Gasteiger partial charge in [-0.1, -0.05) is 65.5 Å². The fourth-order valence-electron chi connectivity index (χ4n) is 3.83. The van der Waals surface area contributed by atoms with Gasteiger partial charge >= 0.3 is 0 Å². The minimum absolute atomic E-state index is 0.0753. The number of carbonyl (C=O) groups excluding carboxylic acids is 2. The molecule has 2 amide bonds. The maximum atomic E-state index is 13.9. The van der Waals surface area contributed by atoms with Crippen molar-refractivity contribution in [3.8, 4) is 0 Å². The quantitative estimate of drug-likeness (QED) is 0.300. The lowest BCUT2D eigenvalue weighted by atomic mass is 10.1. The van der Waals surface area contributed by atoms with Gasteiger partial charge in [-0.2, -0.15) is 0 Å². The second-order valence-electron chi connectivity index (χ2n) is 8.21. The van der Waals surface area contributed by atoms with Crippen molar-refractivity contribution < 1.29 is 18.0 Å². The number of nitrogens with zero attached hydrogens (tertiary/aromatic N) is 2. The van der Waals surface area contributed by atoms with Crippen molar-refractivity contribution >= 4 is 73.9 Å². The molecule has 0 aliphatic rings. The number of benzene rings is 3. The number of halogens is 4. The highest BCUT2D eigenvalue weighted by atomic mass is 35.5. The fraction of sp³-hybridized carbons (Fsp3) is 0.231. The normalized spacial score (nSPS) is 12.1. The van der Waals surface area contributed by atoms with E-state index in [1.165, 1.54) is 48.3 Å². The summed E-state index contributed by atoms with van der Waals surface area (Å²) in [7, 11) is -2.79. The smallest absolute Gasteiger partial charge is 0.264 e. The Balaban J connectivity index is 2.10. The van der Waals surface area contributed by atoms with Crippen LogP contribution < -0.4 is 9.62 Å². The van der Waals surface area contributed by atoms with Gasteiger partial charge in [-0.05, 0) is 61.0 Å². The Bertz CT molecular complexity index is 1400. The molecule has 0 heterocycles. The number of nitrogens with one attached hydrogen (secondary N) is 1. The number of likely N-dealkylation sites (N-methyl/N-ethyl adjacent to an activating group) is 1. The van der Waals surface area contributed by atoms with E-state index in [4.69, 9.17) is 46.4 Å². The second-order valence-corrected chi connectivity index (χ2v) is 11.8. The molecule has 0 bridgehead atoms. The summed E-state index contributed by atoms with van der Waals surface area (Å²) in [4.78, 5) is 27.9. The van der Waals surface area contributed by atoms with Gasteiger partial charge in [0.15, 0.2) is 0 Å². The molecule has 0 fully saturated rings. The Hall–Kier alpha value is -2.49. The van der Waals surface area contributed by atoms with E-state index in [9.17, 15) is 18.0 Å². The molecular formula is C26H25Cl4N3O4S. The molecule has 0 aliphatic heterocycles. The van der Waals surface area contributed by atoms with Crippen molar-refractivity contribution in [1.29, 1.82) is 0 Å². The van der Waals surface area contributed by atoms with Crippen molar-refractivity contribution in [2.75, 3.05) is 17.9 Å². The molecule has 7 nitrogen and oxygen atoms in total. The molecule has 1 N–H and O–H groups in total. The third kappa shape index (κ3) is 6.93. The maximum Gasteiger partial charge on any atom is 0.264 e. The number of anilines is 1. The molecule has 0 aromatic heterocycles. The van der Waals surface area contributed by atoms with Crippen LogP contribution in [0.5, 0.6) is 0 Å². The van der Waals surface area contributed by atoms with Crippen LogP contribution >= 0.6 is 46.4 Å². The van der Waals surface area contributed by atoms with E-state index in [1.54, 1.807) is 37.3 Å². The van der Waals surface area contributed by atoms with E-state index < -0.39 is 34.4 Å². The molecule has 0 spiro atoms. The first kappa shape index (κ1) is 30.1. The molecular weight excluding hydrogens is 592 g/mol. The number of sulfonamides is 1. The van der Waals surface area contributed by atoms with E-state index in [0.29, 0.717) is 20.6 Å². The van der Waals surface area contributed by atoms with Crippen LogP contribution in [0, 0.1) is 0 Å². The van der Waals surface area contributed by atoms with Crippen LogP contribution in [0.25, 0.3) is 0 Å². The molecule has 0 unspecified atom stereocenters. The summed E-state index contributed by atoms with van der Waals surface area (Å²) >= 11 is 24.9. The van der Waals surface area contributed by atoms with E-state index in [2.05, 4.69) is 5.32 Å². The average molecular weight is 617 g/mol.